The fourth-order valence-corrected chi connectivity index (χ4v) is 3.88. The zero-order valence-corrected chi connectivity index (χ0v) is 17.4. The first-order chi connectivity index (χ1) is 14.6. The first-order valence-electron chi connectivity index (χ1n) is 9.55. The molecule has 0 fully saturated rings. The molecule has 30 heavy (non-hydrogen) atoms. The van der Waals surface area contributed by atoms with Crippen molar-refractivity contribution in [2.24, 2.45) is 0 Å². The van der Waals surface area contributed by atoms with Gasteiger partial charge >= 0.3 is 5.97 Å². The van der Waals surface area contributed by atoms with Gasteiger partial charge in [0.25, 0.3) is 0 Å². The molecular formula is C23H20N4O2S. The summed E-state index contributed by atoms with van der Waals surface area (Å²) in [5, 5.41) is 12.1. The second-order valence-corrected chi connectivity index (χ2v) is 7.72. The molecule has 2 aromatic heterocycles. The van der Waals surface area contributed by atoms with E-state index in [4.69, 9.17) is 9.72 Å². The van der Waals surface area contributed by atoms with Gasteiger partial charge in [0.1, 0.15) is 5.01 Å². The van der Waals surface area contributed by atoms with E-state index >= 15 is 0 Å². The summed E-state index contributed by atoms with van der Waals surface area (Å²) in [6.45, 7) is 4.14. The molecule has 2 heterocycles. The first kappa shape index (κ1) is 19.7. The third-order valence-electron chi connectivity index (χ3n) is 4.40. The number of carbonyl (C=O) groups is 1. The average molecular weight is 417 g/mol. The minimum Gasteiger partial charge on any atom is -0.461 e. The van der Waals surface area contributed by atoms with E-state index in [1.54, 1.807) is 30.4 Å². The van der Waals surface area contributed by atoms with Crippen LogP contribution in [0.1, 0.15) is 22.3 Å². The third-order valence-corrected chi connectivity index (χ3v) is 5.42. The van der Waals surface area contributed by atoms with Gasteiger partial charge in [-0.1, -0.05) is 42.5 Å². The second kappa shape index (κ2) is 8.84. The van der Waals surface area contributed by atoms with Crippen LogP contribution in [0.4, 0.5) is 11.5 Å². The Morgan fingerprint density at radius 1 is 0.967 bits per heavy atom. The highest BCUT2D eigenvalue weighted by Crippen LogP contribution is 2.33. The number of thiazole rings is 1. The highest BCUT2D eigenvalue weighted by atomic mass is 32.1. The molecule has 4 rings (SSSR count). The summed E-state index contributed by atoms with van der Waals surface area (Å²) in [5.74, 6) is 0.0707. The van der Waals surface area contributed by atoms with Gasteiger partial charge in [-0.3, -0.25) is 0 Å². The van der Waals surface area contributed by atoms with Crippen LogP contribution in [0.2, 0.25) is 0 Å². The molecule has 0 bridgehead atoms. The van der Waals surface area contributed by atoms with Crippen LogP contribution < -0.4 is 5.32 Å². The molecule has 0 aliphatic heterocycles. The number of aryl methyl sites for hydroxylation is 1. The lowest BCUT2D eigenvalue weighted by atomic mass is 10.1. The summed E-state index contributed by atoms with van der Waals surface area (Å²) >= 11 is 1.69. The highest BCUT2D eigenvalue weighted by Gasteiger charge is 2.12. The Kier molecular flexibility index (Phi) is 5.81. The number of nitrogens with one attached hydrogen (secondary N) is 1. The molecule has 0 saturated carbocycles. The van der Waals surface area contributed by atoms with Crippen molar-refractivity contribution in [3.63, 3.8) is 0 Å². The Labute approximate surface area is 178 Å². The quantitative estimate of drug-likeness (QED) is 0.419. The van der Waals surface area contributed by atoms with Gasteiger partial charge in [-0.05, 0) is 38.1 Å². The lowest BCUT2D eigenvalue weighted by Crippen LogP contribution is -2.08. The first-order valence-corrected chi connectivity index (χ1v) is 10.4. The summed E-state index contributed by atoms with van der Waals surface area (Å²) in [4.78, 5) is 17.7. The number of anilines is 2. The summed E-state index contributed by atoms with van der Waals surface area (Å²) in [7, 11) is 0. The van der Waals surface area contributed by atoms with E-state index < -0.39 is 5.97 Å². The SMILES string of the molecule is CCOC(=O)c1ccc(Nc2ccc(-c3nc(-c4ccccc4)sc3C)cc2)nn1. The van der Waals surface area contributed by atoms with Gasteiger partial charge < -0.3 is 10.1 Å². The summed E-state index contributed by atoms with van der Waals surface area (Å²) in [6.07, 6.45) is 0. The van der Waals surface area contributed by atoms with Gasteiger partial charge in [-0.2, -0.15) is 0 Å². The molecule has 0 radical (unpaired) electrons. The molecule has 0 saturated heterocycles. The van der Waals surface area contributed by atoms with Gasteiger partial charge in [0.05, 0.1) is 12.3 Å². The standard InChI is InChI=1S/C23H20N4O2S/c1-3-29-23(28)19-13-14-20(27-26-19)24-18-11-9-16(10-12-18)21-15(2)30-22(25-21)17-7-5-4-6-8-17/h4-14H,3H2,1-2H3,(H,24,27). The lowest BCUT2D eigenvalue weighted by molar-refractivity contribution is 0.0518. The maximum atomic E-state index is 11.7. The van der Waals surface area contributed by atoms with Crippen molar-refractivity contribution in [3.05, 3.63) is 77.3 Å². The molecule has 2 aromatic carbocycles. The molecule has 4 aromatic rings. The Morgan fingerprint density at radius 2 is 1.73 bits per heavy atom. The van der Waals surface area contributed by atoms with Crippen molar-refractivity contribution in [2.75, 3.05) is 11.9 Å². The average Bonchev–Trinajstić information content (AvgIpc) is 3.17. The summed E-state index contributed by atoms with van der Waals surface area (Å²) < 4.78 is 4.91. The van der Waals surface area contributed by atoms with E-state index in [-0.39, 0.29) is 5.69 Å². The van der Waals surface area contributed by atoms with Crippen molar-refractivity contribution in [2.45, 2.75) is 13.8 Å². The molecule has 0 aliphatic carbocycles. The number of hydrogen-bond donors (Lipinski definition) is 1. The van der Waals surface area contributed by atoms with Crippen LogP contribution in [-0.2, 0) is 4.74 Å². The Morgan fingerprint density at radius 3 is 2.40 bits per heavy atom. The molecule has 7 heteroatoms. The zero-order chi connectivity index (χ0) is 20.9. The topological polar surface area (TPSA) is 77.0 Å². The zero-order valence-electron chi connectivity index (χ0n) is 16.6. The minimum absolute atomic E-state index is 0.186. The number of ether oxygens (including phenoxy) is 1. The van der Waals surface area contributed by atoms with Crippen molar-refractivity contribution in [3.8, 4) is 21.8 Å². The Balaban J connectivity index is 1.48. The second-order valence-electron chi connectivity index (χ2n) is 6.52. The molecule has 6 nitrogen and oxygen atoms in total. The van der Waals surface area contributed by atoms with Crippen LogP contribution in [0.5, 0.6) is 0 Å². The maximum Gasteiger partial charge on any atom is 0.358 e. The van der Waals surface area contributed by atoms with E-state index in [0.717, 1.165) is 27.5 Å². The van der Waals surface area contributed by atoms with Crippen LogP contribution in [0.3, 0.4) is 0 Å². The highest BCUT2D eigenvalue weighted by molar-refractivity contribution is 7.15. The van der Waals surface area contributed by atoms with Crippen molar-refractivity contribution in [1.29, 1.82) is 0 Å². The van der Waals surface area contributed by atoms with Gasteiger partial charge in [-0.15, -0.1) is 21.5 Å². The van der Waals surface area contributed by atoms with Crippen molar-refractivity contribution in [1.82, 2.24) is 15.2 Å². The fraction of sp³-hybridized carbons (Fsp3) is 0.130. The largest absolute Gasteiger partial charge is 0.461 e. The lowest BCUT2D eigenvalue weighted by Gasteiger charge is -2.07. The molecule has 0 atom stereocenters. The summed E-state index contributed by atoms with van der Waals surface area (Å²) in [6, 6.07) is 21.5. The van der Waals surface area contributed by atoms with Gasteiger partial charge in [-0.25, -0.2) is 9.78 Å². The van der Waals surface area contributed by atoms with E-state index in [1.807, 2.05) is 42.5 Å². The van der Waals surface area contributed by atoms with E-state index in [2.05, 4.69) is 34.6 Å². The van der Waals surface area contributed by atoms with Crippen LogP contribution in [0.15, 0.2) is 66.7 Å². The van der Waals surface area contributed by atoms with Crippen molar-refractivity contribution >= 4 is 28.8 Å². The van der Waals surface area contributed by atoms with Crippen LogP contribution >= 0.6 is 11.3 Å². The Bertz CT molecular complexity index is 1140. The van der Waals surface area contributed by atoms with Crippen LogP contribution in [0, 0.1) is 6.92 Å². The van der Waals surface area contributed by atoms with Crippen LogP contribution in [-0.4, -0.2) is 27.8 Å². The van der Waals surface area contributed by atoms with E-state index in [9.17, 15) is 4.79 Å². The molecule has 1 N–H and O–H groups in total. The molecule has 150 valence electrons. The smallest absolute Gasteiger partial charge is 0.358 e. The number of rotatable bonds is 6. The monoisotopic (exact) mass is 416 g/mol. The normalized spacial score (nSPS) is 10.6. The fourth-order valence-electron chi connectivity index (χ4n) is 2.94. The number of benzene rings is 2. The van der Waals surface area contributed by atoms with Gasteiger partial charge in [0.15, 0.2) is 11.5 Å². The molecule has 0 amide bonds. The molecule has 0 spiro atoms. The predicted octanol–water partition coefficient (Wildman–Crippen LogP) is 5.50. The van der Waals surface area contributed by atoms with Crippen molar-refractivity contribution < 1.29 is 9.53 Å². The van der Waals surface area contributed by atoms with Gasteiger partial charge in [0.2, 0.25) is 0 Å². The van der Waals surface area contributed by atoms with Crippen LogP contribution in [0.25, 0.3) is 21.8 Å². The number of esters is 1. The molecule has 0 aliphatic rings. The third kappa shape index (κ3) is 4.36. The molecular weight excluding hydrogens is 396 g/mol. The van der Waals surface area contributed by atoms with E-state index in [1.165, 1.54) is 4.88 Å². The molecule has 0 unspecified atom stereocenters. The Hall–Kier alpha value is -3.58. The maximum absolute atomic E-state index is 11.7. The van der Waals surface area contributed by atoms with Gasteiger partial charge in [0, 0.05) is 21.7 Å². The predicted molar refractivity (Wildman–Crippen MR) is 119 cm³/mol. The minimum atomic E-state index is -0.477. The number of aromatic nitrogens is 3. The van der Waals surface area contributed by atoms with E-state index in [0.29, 0.717) is 12.4 Å². The summed E-state index contributed by atoms with van der Waals surface area (Å²) in [5.41, 5.74) is 4.23. The number of hydrogen-bond acceptors (Lipinski definition) is 7. The number of carbonyl (C=O) groups excluding carboxylic acids is 1. The number of nitrogens with zero attached hydrogens (tertiary/aromatic N) is 3.